The number of hydrogen-bond acceptors (Lipinski definition) is 2. The van der Waals surface area contributed by atoms with Crippen molar-refractivity contribution in [3.63, 3.8) is 0 Å². The van der Waals surface area contributed by atoms with Gasteiger partial charge in [0.05, 0.1) is 0 Å². The molecule has 0 aromatic heterocycles. The summed E-state index contributed by atoms with van der Waals surface area (Å²) in [6.45, 7) is 0. The van der Waals surface area contributed by atoms with Gasteiger partial charge in [0, 0.05) is 31.5 Å². The van der Waals surface area contributed by atoms with Gasteiger partial charge in [-0.1, -0.05) is 64.5 Å². The van der Waals surface area contributed by atoms with Crippen LogP contribution in [0.15, 0.2) is 77.3 Å². The monoisotopic (exact) mass is 382 g/mol. The Kier molecular flexibility index (Phi) is 3.37. The van der Waals surface area contributed by atoms with E-state index >= 15 is 0 Å². The summed E-state index contributed by atoms with van der Waals surface area (Å²) in [5.74, 6) is -0.0558. The van der Waals surface area contributed by atoms with Crippen molar-refractivity contribution in [2.45, 2.75) is 0 Å². The quantitative estimate of drug-likeness (QED) is 0.471. The van der Waals surface area contributed by atoms with Crippen LogP contribution in [0.1, 0.15) is 15.9 Å². The van der Waals surface area contributed by atoms with Gasteiger partial charge >= 0.3 is 0 Å². The summed E-state index contributed by atoms with van der Waals surface area (Å²) >= 11 is 3.42. The molecule has 4 heteroatoms. The van der Waals surface area contributed by atoms with Crippen molar-refractivity contribution < 1.29 is 9.36 Å². The zero-order chi connectivity index (χ0) is 16.0. The lowest BCUT2D eigenvalue weighted by Crippen LogP contribution is -2.36. The first-order chi connectivity index (χ1) is 11.1. The number of benzene rings is 3. The molecular formula is C19H12BrO2P. The molecule has 2 nitrogen and oxygen atoms in total. The predicted molar refractivity (Wildman–Crippen MR) is 97.0 cm³/mol. The molecule has 3 aromatic carbocycles. The van der Waals surface area contributed by atoms with Gasteiger partial charge in [0.2, 0.25) is 0 Å². The van der Waals surface area contributed by atoms with Crippen LogP contribution in [-0.2, 0) is 4.57 Å². The van der Waals surface area contributed by atoms with E-state index in [4.69, 9.17) is 0 Å². The second-order valence-corrected chi connectivity index (χ2v) is 9.06. The number of carbonyl (C=O) groups excluding carboxylic acids is 1. The summed E-state index contributed by atoms with van der Waals surface area (Å²) in [5, 5.41) is 2.00. The highest BCUT2D eigenvalue weighted by atomic mass is 79.9. The largest absolute Gasteiger partial charge is 0.309 e. The second kappa shape index (κ2) is 5.30. The molecular weight excluding hydrogens is 371 g/mol. The molecule has 23 heavy (non-hydrogen) atoms. The lowest BCUT2D eigenvalue weighted by Gasteiger charge is -2.28. The first-order valence-electron chi connectivity index (χ1n) is 7.22. The molecule has 1 heterocycles. The molecule has 1 aliphatic heterocycles. The standard InChI is InChI=1S/C19H12BrO2P/c20-13-9-11-14(12-10-13)23(22)17-7-3-1-5-15(17)19(21)16-6-2-4-8-18(16)23/h1-12H. The number of hydrogen-bond donors (Lipinski definition) is 0. The van der Waals surface area contributed by atoms with Crippen molar-refractivity contribution in [3.05, 3.63) is 88.4 Å². The number of carbonyl (C=O) groups is 1. The normalized spacial score (nSPS) is 14.9. The molecule has 112 valence electrons. The molecule has 1 aliphatic rings. The highest BCUT2D eigenvalue weighted by Gasteiger charge is 2.40. The van der Waals surface area contributed by atoms with Gasteiger partial charge in [0.25, 0.3) is 0 Å². The van der Waals surface area contributed by atoms with Gasteiger partial charge in [0.15, 0.2) is 12.9 Å². The van der Waals surface area contributed by atoms with E-state index in [9.17, 15) is 9.36 Å². The number of ketones is 1. The van der Waals surface area contributed by atoms with Crippen molar-refractivity contribution in [1.82, 2.24) is 0 Å². The molecule has 0 atom stereocenters. The van der Waals surface area contributed by atoms with E-state index in [2.05, 4.69) is 15.9 Å². The van der Waals surface area contributed by atoms with Crippen LogP contribution in [0.3, 0.4) is 0 Å². The van der Waals surface area contributed by atoms with Gasteiger partial charge in [-0.15, -0.1) is 0 Å². The SMILES string of the molecule is O=C1c2ccccc2P(=O)(c2ccc(Br)cc2)c2ccccc21. The first kappa shape index (κ1) is 14.6. The summed E-state index contributed by atoms with van der Waals surface area (Å²) in [6, 6.07) is 22.0. The molecule has 0 unspecified atom stereocenters. The third-order valence-electron chi connectivity index (χ3n) is 4.17. The Hall–Kier alpha value is -1.96. The van der Waals surface area contributed by atoms with Crippen LogP contribution in [0.5, 0.6) is 0 Å². The van der Waals surface area contributed by atoms with Crippen molar-refractivity contribution in [2.75, 3.05) is 0 Å². The highest BCUT2D eigenvalue weighted by Crippen LogP contribution is 2.47. The molecule has 0 fully saturated rings. The molecule has 0 saturated heterocycles. The Bertz CT molecular complexity index is 923. The molecule has 0 bridgehead atoms. The predicted octanol–water partition coefficient (Wildman–Crippen LogP) is 3.63. The van der Waals surface area contributed by atoms with E-state index in [-0.39, 0.29) is 5.78 Å². The minimum absolute atomic E-state index is 0.0558. The summed E-state index contributed by atoms with van der Waals surface area (Å²) in [6.07, 6.45) is 0. The van der Waals surface area contributed by atoms with Gasteiger partial charge in [-0.05, 0) is 24.3 Å². The molecule has 0 radical (unpaired) electrons. The molecule has 0 saturated carbocycles. The fourth-order valence-corrected chi connectivity index (χ4v) is 6.36. The Morgan fingerprint density at radius 1 is 0.696 bits per heavy atom. The number of rotatable bonds is 1. The van der Waals surface area contributed by atoms with Crippen molar-refractivity contribution in [1.29, 1.82) is 0 Å². The van der Waals surface area contributed by atoms with E-state index in [0.717, 1.165) is 9.78 Å². The average molecular weight is 383 g/mol. The Morgan fingerprint density at radius 2 is 1.17 bits per heavy atom. The number of fused-ring (bicyclic) bond motifs is 2. The maximum absolute atomic E-state index is 14.2. The van der Waals surface area contributed by atoms with E-state index < -0.39 is 7.14 Å². The zero-order valence-electron chi connectivity index (χ0n) is 12.1. The van der Waals surface area contributed by atoms with Crippen LogP contribution in [0.4, 0.5) is 0 Å². The second-order valence-electron chi connectivity index (χ2n) is 5.45. The fourth-order valence-electron chi connectivity index (χ4n) is 3.08. The Balaban J connectivity index is 2.11. The van der Waals surface area contributed by atoms with Crippen molar-refractivity contribution in [3.8, 4) is 0 Å². The lowest BCUT2D eigenvalue weighted by molar-refractivity contribution is 0.104. The lowest BCUT2D eigenvalue weighted by atomic mass is 10.0. The minimum Gasteiger partial charge on any atom is -0.309 e. The average Bonchev–Trinajstić information content (AvgIpc) is 2.60. The van der Waals surface area contributed by atoms with Crippen LogP contribution in [0.2, 0.25) is 0 Å². The van der Waals surface area contributed by atoms with E-state index in [1.165, 1.54) is 0 Å². The minimum atomic E-state index is -3.04. The summed E-state index contributed by atoms with van der Waals surface area (Å²) in [7, 11) is -3.04. The van der Waals surface area contributed by atoms with Crippen LogP contribution in [0, 0.1) is 0 Å². The highest BCUT2D eigenvalue weighted by molar-refractivity contribution is 9.10. The summed E-state index contributed by atoms with van der Waals surface area (Å²) < 4.78 is 15.1. The maximum atomic E-state index is 14.2. The van der Waals surface area contributed by atoms with Gasteiger partial charge in [-0.3, -0.25) is 4.79 Å². The first-order valence-corrected chi connectivity index (χ1v) is 9.72. The van der Waals surface area contributed by atoms with Crippen molar-refractivity contribution in [2.24, 2.45) is 0 Å². The molecule has 0 aliphatic carbocycles. The van der Waals surface area contributed by atoms with Crippen LogP contribution in [0.25, 0.3) is 0 Å². The van der Waals surface area contributed by atoms with Gasteiger partial charge in [-0.25, -0.2) is 0 Å². The number of halogens is 1. The third-order valence-corrected chi connectivity index (χ3v) is 7.86. The summed E-state index contributed by atoms with van der Waals surface area (Å²) in [4.78, 5) is 12.8. The van der Waals surface area contributed by atoms with E-state index in [1.54, 1.807) is 12.1 Å². The zero-order valence-corrected chi connectivity index (χ0v) is 14.6. The van der Waals surface area contributed by atoms with Gasteiger partial charge < -0.3 is 4.57 Å². The Labute approximate surface area is 142 Å². The fraction of sp³-hybridized carbons (Fsp3) is 0. The van der Waals surface area contributed by atoms with Gasteiger partial charge in [-0.2, -0.15) is 0 Å². The van der Waals surface area contributed by atoms with E-state index in [0.29, 0.717) is 21.7 Å². The topological polar surface area (TPSA) is 34.1 Å². The summed E-state index contributed by atoms with van der Waals surface area (Å²) in [5.41, 5.74) is 1.08. The Morgan fingerprint density at radius 3 is 1.70 bits per heavy atom. The molecule has 3 aromatic rings. The van der Waals surface area contributed by atoms with Gasteiger partial charge in [0.1, 0.15) is 0 Å². The molecule has 0 N–H and O–H groups in total. The third kappa shape index (κ3) is 2.08. The smallest absolute Gasteiger partial charge is 0.194 e. The van der Waals surface area contributed by atoms with Crippen molar-refractivity contribution >= 4 is 44.8 Å². The molecule has 4 rings (SSSR count). The van der Waals surface area contributed by atoms with Crippen LogP contribution < -0.4 is 15.9 Å². The molecule has 0 amide bonds. The van der Waals surface area contributed by atoms with Crippen LogP contribution in [-0.4, -0.2) is 5.78 Å². The maximum Gasteiger partial charge on any atom is 0.194 e. The van der Waals surface area contributed by atoms with E-state index in [1.807, 2.05) is 60.7 Å². The molecule has 0 spiro atoms. The van der Waals surface area contributed by atoms with Crippen LogP contribution >= 0.6 is 23.1 Å².